The molecular formula is C13H8Cl3N5. The number of anilines is 1. The second-order valence-corrected chi connectivity index (χ2v) is 5.48. The molecule has 106 valence electrons. The lowest BCUT2D eigenvalue weighted by atomic mass is 10.2. The summed E-state index contributed by atoms with van der Waals surface area (Å²) in [5.41, 5.74) is 7.58. The first kappa shape index (κ1) is 14.1. The highest BCUT2D eigenvalue weighted by Gasteiger charge is 2.16. The molecule has 1 aromatic heterocycles. The van der Waals surface area contributed by atoms with Gasteiger partial charge in [-0.2, -0.15) is 4.68 Å². The van der Waals surface area contributed by atoms with E-state index in [0.29, 0.717) is 32.1 Å². The molecule has 3 aromatic rings. The molecule has 0 radical (unpaired) electrons. The normalized spacial score (nSPS) is 10.8. The van der Waals surface area contributed by atoms with E-state index in [0.717, 1.165) is 5.69 Å². The minimum atomic E-state index is 0.343. The highest BCUT2D eigenvalue weighted by atomic mass is 35.5. The Morgan fingerprint density at radius 3 is 2.43 bits per heavy atom. The molecule has 21 heavy (non-hydrogen) atoms. The van der Waals surface area contributed by atoms with Crippen molar-refractivity contribution in [2.45, 2.75) is 0 Å². The van der Waals surface area contributed by atoms with Gasteiger partial charge < -0.3 is 5.73 Å². The third-order valence-electron chi connectivity index (χ3n) is 2.83. The summed E-state index contributed by atoms with van der Waals surface area (Å²) in [4.78, 5) is 0. The van der Waals surface area contributed by atoms with Crippen LogP contribution in [-0.4, -0.2) is 20.2 Å². The minimum absolute atomic E-state index is 0.343. The number of nitrogen functional groups attached to an aromatic ring is 1. The number of rotatable bonds is 2. The van der Waals surface area contributed by atoms with Crippen LogP contribution in [0.4, 0.5) is 5.69 Å². The summed E-state index contributed by atoms with van der Waals surface area (Å²) >= 11 is 18.2. The summed E-state index contributed by atoms with van der Waals surface area (Å²) in [6.07, 6.45) is 0. The molecule has 3 rings (SSSR count). The second kappa shape index (κ2) is 5.52. The van der Waals surface area contributed by atoms with Crippen LogP contribution >= 0.6 is 34.8 Å². The van der Waals surface area contributed by atoms with E-state index in [-0.39, 0.29) is 0 Å². The first-order valence-corrected chi connectivity index (χ1v) is 6.99. The van der Waals surface area contributed by atoms with Gasteiger partial charge in [0.1, 0.15) is 0 Å². The summed E-state index contributed by atoms with van der Waals surface area (Å²) in [6, 6.07) is 10.3. The molecular weight excluding hydrogens is 333 g/mol. The molecule has 0 aliphatic carbocycles. The number of hydrogen-bond donors (Lipinski definition) is 1. The van der Waals surface area contributed by atoms with E-state index in [1.165, 1.54) is 4.68 Å². The van der Waals surface area contributed by atoms with Gasteiger partial charge in [-0.3, -0.25) is 0 Å². The largest absolute Gasteiger partial charge is 0.399 e. The van der Waals surface area contributed by atoms with Crippen molar-refractivity contribution in [3.63, 3.8) is 0 Å². The molecule has 0 bridgehead atoms. The van der Waals surface area contributed by atoms with Crippen molar-refractivity contribution in [3.05, 3.63) is 51.5 Å². The number of hydrogen-bond acceptors (Lipinski definition) is 4. The molecule has 0 unspecified atom stereocenters. The molecule has 2 N–H and O–H groups in total. The lowest BCUT2D eigenvalue weighted by molar-refractivity contribution is 0.791. The summed E-state index contributed by atoms with van der Waals surface area (Å²) in [6.45, 7) is 0. The zero-order valence-corrected chi connectivity index (χ0v) is 12.7. The van der Waals surface area contributed by atoms with Gasteiger partial charge in [-0.1, -0.05) is 34.8 Å². The highest BCUT2D eigenvalue weighted by molar-refractivity contribution is 6.43. The Morgan fingerprint density at radius 2 is 1.71 bits per heavy atom. The van der Waals surface area contributed by atoms with Gasteiger partial charge in [0.15, 0.2) is 5.82 Å². The van der Waals surface area contributed by atoms with E-state index in [1.54, 1.807) is 36.4 Å². The SMILES string of the molecule is Nc1cc(Cl)c(Cl)c(-c2nnnn2-c2ccc(Cl)cc2)c1. The fourth-order valence-electron chi connectivity index (χ4n) is 1.88. The maximum atomic E-state index is 6.22. The average Bonchev–Trinajstić information content (AvgIpc) is 2.93. The number of benzene rings is 2. The molecule has 8 heteroatoms. The van der Waals surface area contributed by atoms with Crippen LogP contribution < -0.4 is 5.73 Å². The molecule has 0 fully saturated rings. The third kappa shape index (κ3) is 2.68. The Kier molecular flexibility index (Phi) is 3.71. The summed E-state index contributed by atoms with van der Waals surface area (Å²) in [5, 5.41) is 13.0. The lowest BCUT2D eigenvalue weighted by Gasteiger charge is -2.08. The Morgan fingerprint density at radius 1 is 1.00 bits per heavy atom. The van der Waals surface area contributed by atoms with Gasteiger partial charge in [-0.05, 0) is 46.8 Å². The van der Waals surface area contributed by atoms with Crippen LogP contribution in [0.2, 0.25) is 15.1 Å². The molecule has 0 aliphatic heterocycles. The smallest absolute Gasteiger partial charge is 0.188 e. The predicted octanol–water partition coefficient (Wildman–Crippen LogP) is 3.87. The molecule has 0 atom stereocenters. The van der Waals surface area contributed by atoms with Crippen LogP contribution in [0.3, 0.4) is 0 Å². The maximum absolute atomic E-state index is 6.22. The van der Waals surface area contributed by atoms with Crippen molar-refractivity contribution in [1.29, 1.82) is 0 Å². The van der Waals surface area contributed by atoms with E-state index in [9.17, 15) is 0 Å². The van der Waals surface area contributed by atoms with Crippen molar-refractivity contribution >= 4 is 40.5 Å². The van der Waals surface area contributed by atoms with Gasteiger partial charge in [0.2, 0.25) is 0 Å². The third-order valence-corrected chi connectivity index (χ3v) is 3.89. The summed E-state index contributed by atoms with van der Waals surface area (Å²) in [7, 11) is 0. The van der Waals surface area contributed by atoms with Crippen molar-refractivity contribution in [3.8, 4) is 17.1 Å². The Hall–Kier alpha value is -1.82. The molecule has 0 amide bonds. The van der Waals surface area contributed by atoms with E-state index in [1.807, 2.05) is 0 Å². The van der Waals surface area contributed by atoms with Crippen LogP contribution in [0.25, 0.3) is 17.1 Å². The van der Waals surface area contributed by atoms with E-state index >= 15 is 0 Å². The first-order valence-electron chi connectivity index (χ1n) is 5.85. The fraction of sp³-hybridized carbons (Fsp3) is 0. The number of nitrogens with two attached hydrogens (primary N) is 1. The van der Waals surface area contributed by atoms with E-state index < -0.39 is 0 Å². The Balaban J connectivity index is 2.18. The monoisotopic (exact) mass is 339 g/mol. The van der Waals surface area contributed by atoms with E-state index in [4.69, 9.17) is 40.5 Å². The minimum Gasteiger partial charge on any atom is -0.399 e. The Labute approximate surface area is 135 Å². The summed E-state index contributed by atoms with van der Waals surface area (Å²) in [5.74, 6) is 0.441. The van der Waals surface area contributed by atoms with Crippen molar-refractivity contribution in [1.82, 2.24) is 20.2 Å². The van der Waals surface area contributed by atoms with Crippen LogP contribution in [0.5, 0.6) is 0 Å². The predicted molar refractivity (Wildman–Crippen MR) is 84.0 cm³/mol. The van der Waals surface area contributed by atoms with Crippen molar-refractivity contribution < 1.29 is 0 Å². The fourth-order valence-corrected chi connectivity index (χ4v) is 2.43. The quantitative estimate of drug-likeness (QED) is 0.719. The van der Waals surface area contributed by atoms with Gasteiger partial charge in [0.25, 0.3) is 0 Å². The average molecular weight is 341 g/mol. The van der Waals surface area contributed by atoms with Crippen molar-refractivity contribution in [2.24, 2.45) is 0 Å². The number of tetrazole rings is 1. The van der Waals surface area contributed by atoms with E-state index in [2.05, 4.69) is 15.5 Å². The molecule has 5 nitrogen and oxygen atoms in total. The molecule has 0 aliphatic rings. The number of nitrogens with zero attached hydrogens (tertiary/aromatic N) is 4. The highest BCUT2D eigenvalue weighted by Crippen LogP contribution is 2.35. The van der Waals surface area contributed by atoms with Gasteiger partial charge in [0, 0.05) is 16.3 Å². The van der Waals surface area contributed by atoms with Crippen LogP contribution in [0, 0.1) is 0 Å². The topological polar surface area (TPSA) is 69.6 Å². The zero-order chi connectivity index (χ0) is 15.0. The number of aromatic nitrogens is 4. The van der Waals surface area contributed by atoms with Gasteiger partial charge in [-0.15, -0.1) is 5.10 Å². The standard InChI is InChI=1S/C13H8Cl3N5/c14-7-1-3-9(4-2-7)21-13(18-19-20-21)10-5-8(17)6-11(15)12(10)16/h1-6H,17H2. The molecule has 1 heterocycles. The molecule has 0 saturated carbocycles. The second-order valence-electron chi connectivity index (χ2n) is 4.25. The molecule has 0 saturated heterocycles. The zero-order valence-electron chi connectivity index (χ0n) is 10.5. The van der Waals surface area contributed by atoms with Gasteiger partial charge in [-0.25, -0.2) is 0 Å². The molecule has 0 spiro atoms. The van der Waals surface area contributed by atoms with Crippen LogP contribution in [0.1, 0.15) is 0 Å². The number of halogens is 3. The van der Waals surface area contributed by atoms with Crippen molar-refractivity contribution in [2.75, 3.05) is 5.73 Å². The maximum Gasteiger partial charge on any atom is 0.188 e. The van der Waals surface area contributed by atoms with Gasteiger partial charge >= 0.3 is 0 Å². The summed E-state index contributed by atoms with van der Waals surface area (Å²) < 4.78 is 1.54. The molecule has 2 aromatic carbocycles. The Bertz CT molecular complexity index is 798. The van der Waals surface area contributed by atoms with Crippen LogP contribution in [-0.2, 0) is 0 Å². The van der Waals surface area contributed by atoms with Gasteiger partial charge in [0.05, 0.1) is 15.7 Å². The first-order chi connectivity index (χ1) is 10.1. The lowest BCUT2D eigenvalue weighted by Crippen LogP contribution is -2.00. The van der Waals surface area contributed by atoms with Crippen LogP contribution in [0.15, 0.2) is 36.4 Å².